The molecular weight excluding hydrogens is 665 g/mol. The number of primary amides is 1. The highest BCUT2D eigenvalue weighted by Gasteiger charge is 2.26. The maximum absolute atomic E-state index is 11.9. The van der Waals surface area contributed by atoms with Crippen molar-refractivity contribution in [1.29, 1.82) is 0 Å². The van der Waals surface area contributed by atoms with E-state index < -0.39 is 18.8 Å². The number of nitrogens with two attached hydrogens (primary N) is 1. The molecule has 2 aromatic carbocycles. The summed E-state index contributed by atoms with van der Waals surface area (Å²) in [5.74, 6) is 0.925. The van der Waals surface area contributed by atoms with E-state index in [0.717, 1.165) is 68.2 Å². The lowest BCUT2D eigenvalue weighted by atomic mass is 9.93. The van der Waals surface area contributed by atoms with Crippen molar-refractivity contribution in [2.45, 2.75) is 44.5 Å². The number of aliphatic hydroxyl groups is 1. The number of para-hydroxylation sites is 1. The molecule has 2 aliphatic rings. The molecule has 4 aromatic rings. The van der Waals surface area contributed by atoms with Crippen molar-refractivity contribution in [3.63, 3.8) is 0 Å². The molecule has 1 fully saturated rings. The Morgan fingerprint density at radius 1 is 1.02 bits per heavy atom. The number of hydrogen-bond donors (Lipinski definition) is 3. The van der Waals surface area contributed by atoms with E-state index in [1.807, 2.05) is 48.7 Å². The summed E-state index contributed by atoms with van der Waals surface area (Å²) in [4.78, 5) is 34.3. The van der Waals surface area contributed by atoms with Crippen LogP contribution in [0.1, 0.15) is 29.5 Å². The Morgan fingerprint density at radius 3 is 2.39 bits per heavy atom. The molecule has 0 aliphatic carbocycles. The summed E-state index contributed by atoms with van der Waals surface area (Å²) in [6.07, 6.45) is 5.23. The number of hydrogen-bond acceptors (Lipinski definition) is 9. The molecule has 2 aromatic heterocycles. The van der Waals surface area contributed by atoms with Gasteiger partial charge in [-0.1, -0.05) is 48.5 Å². The average molecular weight is 711 g/mol. The van der Waals surface area contributed by atoms with Crippen molar-refractivity contribution in [1.82, 2.24) is 25.1 Å². The minimum Gasteiger partial charge on any atom is -0.493 e. The van der Waals surface area contributed by atoms with Crippen molar-refractivity contribution in [3.8, 4) is 17.2 Å². The number of amides is 2. The Kier molecular flexibility index (Phi) is 15.4. The van der Waals surface area contributed by atoms with Crippen LogP contribution in [0, 0.1) is 5.92 Å². The fourth-order valence-electron chi connectivity index (χ4n) is 5.80. The van der Waals surface area contributed by atoms with Gasteiger partial charge in [0.1, 0.15) is 18.6 Å². The topological polar surface area (TPSA) is 147 Å². The van der Waals surface area contributed by atoms with Crippen LogP contribution in [-0.4, -0.2) is 95.3 Å². The molecular formula is C37H45F3N6O5. The maximum Gasteiger partial charge on any atom is 0.405 e. The monoisotopic (exact) mass is 710 g/mol. The molecule has 0 saturated carbocycles. The van der Waals surface area contributed by atoms with Gasteiger partial charge >= 0.3 is 6.18 Å². The van der Waals surface area contributed by atoms with E-state index in [2.05, 4.69) is 38.0 Å². The number of carbonyl (C=O) groups excluding carboxylic acids is 2. The normalized spacial score (nSPS) is 15.8. The summed E-state index contributed by atoms with van der Waals surface area (Å²) in [6.45, 7) is 4.52. The highest BCUT2D eigenvalue weighted by atomic mass is 19.4. The largest absolute Gasteiger partial charge is 0.493 e. The summed E-state index contributed by atoms with van der Waals surface area (Å²) in [5, 5.41) is 12.1. The molecule has 2 amide bonds. The number of piperazine rings is 1. The number of benzene rings is 2. The van der Waals surface area contributed by atoms with Gasteiger partial charge in [-0.3, -0.25) is 24.4 Å². The second-order valence-electron chi connectivity index (χ2n) is 12.3. The van der Waals surface area contributed by atoms with E-state index in [1.165, 1.54) is 17.3 Å². The highest BCUT2D eigenvalue weighted by Crippen LogP contribution is 2.23. The summed E-state index contributed by atoms with van der Waals surface area (Å²) >= 11 is 0. The number of ether oxygens (including phenoxy) is 1. The molecule has 6 rings (SSSR count). The minimum absolute atomic E-state index is 0.00743. The number of fused-ring (bicyclic) bond motifs is 1. The molecule has 0 radical (unpaired) electrons. The lowest BCUT2D eigenvalue weighted by molar-refractivity contribution is -0.132. The third-order valence-electron chi connectivity index (χ3n) is 8.30. The third-order valence-corrected chi connectivity index (χ3v) is 8.30. The number of aryl methyl sites for hydroxylation is 1. The minimum atomic E-state index is -4.29. The molecule has 1 unspecified atom stereocenters. The number of oxazole rings is 1. The Labute approximate surface area is 295 Å². The lowest BCUT2D eigenvalue weighted by Gasteiger charge is -2.36. The number of alkyl halides is 3. The first-order chi connectivity index (χ1) is 24.6. The molecule has 0 spiro atoms. The van der Waals surface area contributed by atoms with Crippen LogP contribution in [0.2, 0.25) is 0 Å². The number of halogens is 3. The highest BCUT2D eigenvalue weighted by molar-refractivity contribution is 5.77. The number of aromatic nitrogens is 2. The first kappa shape index (κ1) is 39.0. The molecule has 14 heteroatoms. The van der Waals surface area contributed by atoms with Gasteiger partial charge in [0.25, 0.3) is 0 Å². The van der Waals surface area contributed by atoms with E-state index in [4.69, 9.17) is 14.9 Å². The van der Waals surface area contributed by atoms with Gasteiger partial charge in [0, 0.05) is 57.6 Å². The number of rotatable bonds is 12. The third kappa shape index (κ3) is 14.2. The van der Waals surface area contributed by atoms with Gasteiger partial charge in [-0.05, 0) is 54.5 Å². The Morgan fingerprint density at radius 2 is 1.75 bits per heavy atom. The van der Waals surface area contributed by atoms with Crippen LogP contribution >= 0.6 is 0 Å². The van der Waals surface area contributed by atoms with Crippen LogP contribution in [0.4, 0.5) is 13.2 Å². The first-order valence-corrected chi connectivity index (χ1v) is 16.8. The smallest absolute Gasteiger partial charge is 0.405 e. The molecule has 11 nitrogen and oxygen atoms in total. The molecule has 51 heavy (non-hydrogen) atoms. The van der Waals surface area contributed by atoms with Gasteiger partial charge in [-0.15, -0.1) is 0 Å². The molecule has 4 N–H and O–H groups in total. The Bertz CT molecular complexity index is 1580. The Balaban J connectivity index is 0.000000263. The number of carbonyl (C=O) groups is 2. The van der Waals surface area contributed by atoms with Gasteiger partial charge in [-0.25, -0.2) is 4.98 Å². The van der Waals surface area contributed by atoms with Gasteiger partial charge in [-0.2, -0.15) is 13.2 Å². The van der Waals surface area contributed by atoms with Crippen molar-refractivity contribution in [2.24, 2.45) is 11.7 Å². The predicted molar refractivity (Wildman–Crippen MR) is 185 cm³/mol. The summed E-state index contributed by atoms with van der Waals surface area (Å²) in [7, 11) is 0. The van der Waals surface area contributed by atoms with Gasteiger partial charge in [0.2, 0.25) is 18.2 Å². The van der Waals surface area contributed by atoms with Crippen LogP contribution in [0.5, 0.6) is 5.75 Å². The fraction of sp³-hybridized carbons (Fsp3) is 0.405. The zero-order valence-corrected chi connectivity index (χ0v) is 28.4. The predicted octanol–water partition coefficient (Wildman–Crippen LogP) is 4.26. The second kappa shape index (κ2) is 20.2. The van der Waals surface area contributed by atoms with Crippen LogP contribution < -0.4 is 15.8 Å². The lowest BCUT2D eigenvalue weighted by Crippen LogP contribution is -2.48. The van der Waals surface area contributed by atoms with Crippen LogP contribution in [0.25, 0.3) is 11.5 Å². The van der Waals surface area contributed by atoms with Crippen LogP contribution in [0.15, 0.2) is 89.9 Å². The van der Waals surface area contributed by atoms with E-state index >= 15 is 0 Å². The second-order valence-corrected chi connectivity index (χ2v) is 12.3. The van der Waals surface area contributed by atoms with E-state index in [-0.39, 0.29) is 18.2 Å². The number of β-amino-alcohol motifs (C(OH)–C–C–N with tert-alkyl or cyclic N) is 1. The van der Waals surface area contributed by atoms with E-state index in [0.29, 0.717) is 25.3 Å². The average Bonchev–Trinajstić information content (AvgIpc) is 3.68. The number of nitrogens with zero attached hydrogens (tertiary/aromatic N) is 4. The van der Waals surface area contributed by atoms with Gasteiger partial charge < -0.3 is 25.3 Å². The summed E-state index contributed by atoms with van der Waals surface area (Å²) < 4.78 is 43.9. The zero-order chi connectivity index (χ0) is 36.5. The van der Waals surface area contributed by atoms with Crippen molar-refractivity contribution < 1.29 is 37.0 Å². The van der Waals surface area contributed by atoms with Crippen LogP contribution in [0.3, 0.4) is 0 Å². The van der Waals surface area contributed by atoms with Gasteiger partial charge in [0.15, 0.2) is 0 Å². The fourth-order valence-corrected chi connectivity index (χ4v) is 5.80. The van der Waals surface area contributed by atoms with Crippen molar-refractivity contribution >= 4 is 12.3 Å². The van der Waals surface area contributed by atoms with Crippen LogP contribution in [-0.2, 0) is 29.0 Å². The maximum atomic E-state index is 11.9. The molecule has 4 heterocycles. The van der Waals surface area contributed by atoms with E-state index in [1.54, 1.807) is 18.7 Å². The quantitative estimate of drug-likeness (QED) is 0.184. The first-order valence-electron chi connectivity index (χ1n) is 16.8. The molecule has 2 aliphatic heterocycles. The number of pyridine rings is 1. The Hall–Kier alpha value is -4.79. The number of nitrogens with one attached hydrogen (secondary N) is 1. The van der Waals surface area contributed by atoms with Crippen molar-refractivity contribution in [2.75, 3.05) is 45.9 Å². The molecule has 274 valence electrons. The summed E-state index contributed by atoms with van der Waals surface area (Å²) in [5.41, 5.74) is 10.0. The SMILES string of the molecule is NC(=O)[C@H](Cc1ccccc1)CC(O)CN1CCN(Cc2cncc(-c3ncco3)c2)CC1.O=CNCC(F)(F)F.c1ccc2c(c1)CCCO2. The van der Waals surface area contributed by atoms with Crippen molar-refractivity contribution in [3.05, 3.63) is 102 Å². The zero-order valence-electron chi connectivity index (χ0n) is 28.4. The van der Waals surface area contributed by atoms with Gasteiger partial charge in [0.05, 0.1) is 24.5 Å². The molecule has 1 saturated heterocycles. The standard InChI is InChI=1S/C25H31N5O3.C9H10O.C3H4F3NO/c26-24(32)21(12-19-4-2-1-3-5-19)14-23(31)18-30-9-7-29(8-10-30)17-20-13-22(16-27-15-20)25-28-6-11-33-25;1-2-6-9-8(4-1)5-3-7-10-9;4-3(5,6)1-7-2-8/h1-6,11,13,15-16,21,23,31H,7-10,12,14,17-18H2,(H2,26,32);1-2,4,6H,3,5,7H2;2H,1H2,(H,7,8)/t21-,23?;;/m1../s1. The molecule has 2 atom stereocenters. The number of aliphatic hydroxyl groups excluding tert-OH is 1. The summed E-state index contributed by atoms with van der Waals surface area (Å²) in [6, 6.07) is 20.1. The molecule has 0 bridgehead atoms. The van der Waals surface area contributed by atoms with E-state index in [9.17, 15) is 27.9 Å².